The Balaban J connectivity index is 0.00000392. The number of para-hydroxylation sites is 1. The lowest BCUT2D eigenvalue weighted by atomic mass is 10.0. The molecule has 0 fully saturated rings. The zero-order valence-corrected chi connectivity index (χ0v) is 20.5. The summed E-state index contributed by atoms with van der Waals surface area (Å²) in [4.78, 5) is 12.6. The van der Waals surface area contributed by atoms with E-state index in [0.717, 1.165) is 41.8 Å². The van der Waals surface area contributed by atoms with Gasteiger partial charge in [-0.15, -0.1) is 35.3 Å². The molecule has 0 amide bonds. The number of guanidine groups is 1. The number of hydrogen-bond acceptors (Lipinski definition) is 5. The van der Waals surface area contributed by atoms with Gasteiger partial charge in [0.15, 0.2) is 5.96 Å². The fourth-order valence-corrected chi connectivity index (χ4v) is 3.59. The molecule has 1 aromatic heterocycles. The van der Waals surface area contributed by atoms with E-state index in [1.165, 1.54) is 4.88 Å². The maximum absolute atomic E-state index is 5.53. The van der Waals surface area contributed by atoms with Crippen molar-refractivity contribution in [1.29, 1.82) is 0 Å². The third-order valence-electron chi connectivity index (χ3n) is 4.19. The first-order chi connectivity index (χ1) is 13.0. The summed E-state index contributed by atoms with van der Waals surface area (Å²) in [6.07, 6.45) is 2.82. The Labute approximate surface area is 189 Å². The number of ether oxygens (including phenoxy) is 1. The quantitative estimate of drug-likeness (QED) is 0.303. The Kier molecular flexibility index (Phi) is 11.4. The molecule has 1 atom stereocenters. The van der Waals surface area contributed by atoms with Gasteiger partial charge in [0.1, 0.15) is 5.75 Å². The van der Waals surface area contributed by atoms with Crippen molar-refractivity contribution < 1.29 is 4.74 Å². The van der Waals surface area contributed by atoms with Crippen LogP contribution in [0, 0.1) is 6.92 Å². The van der Waals surface area contributed by atoms with Gasteiger partial charge in [0.25, 0.3) is 0 Å². The highest BCUT2D eigenvalue weighted by atomic mass is 127. The van der Waals surface area contributed by atoms with Gasteiger partial charge in [0.2, 0.25) is 0 Å². The number of rotatable bonds is 9. The van der Waals surface area contributed by atoms with E-state index in [0.29, 0.717) is 6.54 Å². The molecule has 0 radical (unpaired) electrons. The molecule has 1 unspecified atom stereocenters. The van der Waals surface area contributed by atoms with Crippen LogP contribution in [-0.2, 0) is 6.42 Å². The van der Waals surface area contributed by atoms with Crippen LogP contribution in [0.4, 0.5) is 0 Å². The molecule has 28 heavy (non-hydrogen) atoms. The van der Waals surface area contributed by atoms with Crippen molar-refractivity contribution in [2.75, 3.05) is 40.8 Å². The third kappa shape index (κ3) is 7.56. The molecule has 1 aromatic carbocycles. The van der Waals surface area contributed by atoms with Crippen molar-refractivity contribution in [1.82, 2.24) is 20.5 Å². The SMILES string of the molecule is CCNC(=NCC(c1ccccc1OC)N(C)C)NCCc1ncc(C)s1.I. The number of likely N-dealkylation sites (N-methyl/N-ethyl adjacent to an activating group) is 1. The summed E-state index contributed by atoms with van der Waals surface area (Å²) in [7, 11) is 5.84. The van der Waals surface area contributed by atoms with Crippen LogP contribution in [0.3, 0.4) is 0 Å². The Morgan fingerprint density at radius 1 is 1.29 bits per heavy atom. The summed E-state index contributed by atoms with van der Waals surface area (Å²) in [5, 5.41) is 7.88. The van der Waals surface area contributed by atoms with Crippen LogP contribution >= 0.6 is 35.3 Å². The van der Waals surface area contributed by atoms with E-state index in [4.69, 9.17) is 9.73 Å². The van der Waals surface area contributed by atoms with Gasteiger partial charge in [-0.3, -0.25) is 4.99 Å². The monoisotopic (exact) mass is 517 g/mol. The van der Waals surface area contributed by atoms with Crippen molar-refractivity contribution >= 4 is 41.3 Å². The molecular formula is C20H32IN5OS. The van der Waals surface area contributed by atoms with Crippen molar-refractivity contribution in [2.24, 2.45) is 4.99 Å². The molecule has 2 aromatic rings. The Morgan fingerprint density at radius 2 is 2.04 bits per heavy atom. The van der Waals surface area contributed by atoms with E-state index in [1.807, 2.05) is 24.4 Å². The Bertz CT molecular complexity index is 735. The molecule has 0 aliphatic heterocycles. The number of aryl methyl sites for hydroxylation is 1. The minimum atomic E-state index is 0. The number of aliphatic imine (C=N–C) groups is 1. The number of nitrogens with one attached hydrogen (secondary N) is 2. The van der Waals surface area contributed by atoms with Crippen LogP contribution in [0.15, 0.2) is 35.5 Å². The molecule has 0 bridgehead atoms. The molecule has 2 N–H and O–H groups in total. The highest BCUT2D eigenvalue weighted by Crippen LogP contribution is 2.28. The van der Waals surface area contributed by atoms with Gasteiger partial charge < -0.3 is 20.3 Å². The van der Waals surface area contributed by atoms with Crippen LogP contribution in [-0.4, -0.2) is 56.7 Å². The van der Waals surface area contributed by atoms with Crippen molar-refractivity contribution in [2.45, 2.75) is 26.3 Å². The van der Waals surface area contributed by atoms with Gasteiger partial charge in [0, 0.05) is 36.1 Å². The van der Waals surface area contributed by atoms with E-state index in [9.17, 15) is 0 Å². The van der Waals surface area contributed by atoms with E-state index >= 15 is 0 Å². The first kappa shape index (κ1) is 24.6. The average Bonchev–Trinajstić information content (AvgIpc) is 3.07. The van der Waals surface area contributed by atoms with Crippen LogP contribution in [0.5, 0.6) is 5.75 Å². The number of benzene rings is 1. The van der Waals surface area contributed by atoms with Crippen molar-refractivity contribution in [3.8, 4) is 5.75 Å². The lowest BCUT2D eigenvalue weighted by Crippen LogP contribution is -2.39. The predicted molar refractivity (Wildman–Crippen MR) is 129 cm³/mol. The molecular weight excluding hydrogens is 485 g/mol. The largest absolute Gasteiger partial charge is 0.496 e. The second kappa shape index (κ2) is 12.9. The second-order valence-electron chi connectivity index (χ2n) is 6.48. The summed E-state index contributed by atoms with van der Waals surface area (Å²) >= 11 is 1.74. The average molecular weight is 517 g/mol. The van der Waals surface area contributed by atoms with Crippen molar-refractivity contribution in [3.05, 3.63) is 45.9 Å². The Morgan fingerprint density at radius 3 is 2.64 bits per heavy atom. The normalized spacial score (nSPS) is 12.4. The molecule has 0 aliphatic rings. The minimum absolute atomic E-state index is 0. The summed E-state index contributed by atoms with van der Waals surface area (Å²) in [5.41, 5.74) is 1.14. The lowest BCUT2D eigenvalue weighted by Gasteiger charge is -2.25. The molecule has 8 heteroatoms. The van der Waals surface area contributed by atoms with Crippen LogP contribution in [0.1, 0.15) is 28.4 Å². The fourth-order valence-electron chi connectivity index (χ4n) is 2.81. The third-order valence-corrected chi connectivity index (χ3v) is 5.16. The van der Waals surface area contributed by atoms with Gasteiger partial charge in [-0.25, -0.2) is 4.98 Å². The zero-order valence-electron chi connectivity index (χ0n) is 17.4. The van der Waals surface area contributed by atoms with Gasteiger partial charge in [-0.05, 0) is 34.0 Å². The highest BCUT2D eigenvalue weighted by Gasteiger charge is 2.18. The molecule has 0 aliphatic carbocycles. The van der Waals surface area contributed by atoms with E-state index < -0.39 is 0 Å². The molecule has 0 spiro atoms. The predicted octanol–water partition coefficient (Wildman–Crippen LogP) is 3.48. The summed E-state index contributed by atoms with van der Waals surface area (Å²) < 4.78 is 5.53. The number of aromatic nitrogens is 1. The number of hydrogen-bond donors (Lipinski definition) is 2. The number of halogens is 1. The maximum Gasteiger partial charge on any atom is 0.191 e. The van der Waals surface area contributed by atoms with Crippen LogP contribution in [0.2, 0.25) is 0 Å². The minimum Gasteiger partial charge on any atom is -0.496 e. The summed E-state index contributed by atoms with van der Waals surface area (Å²) in [5.74, 6) is 1.72. The van der Waals surface area contributed by atoms with E-state index in [-0.39, 0.29) is 30.0 Å². The summed E-state index contributed by atoms with van der Waals surface area (Å²) in [6, 6.07) is 8.26. The highest BCUT2D eigenvalue weighted by molar-refractivity contribution is 14.0. The number of methoxy groups -OCH3 is 1. The van der Waals surface area contributed by atoms with Crippen LogP contribution < -0.4 is 15.4 Å². The standard InChI is InChI=1S/C20H31N5OS.HI/c1-6-21-20(22-12-11-19-23-13-15(2)27-19)24-14-17(25(3)4)16-9-7-8-10-18(16)26-5;/h7-10,13,17H,6,11-12,14H2,1-5H3,(H2,21,22,24);1H. The van der Waals surface area contributed by atoms with Crippen molar-refractivity contribution in [3.63, 3.8) is 0 Å². The molecule has 6 nitrogen and oxygen atoms in total. The topological polar surface area (TPSA) is 61.8 Å². The molecule has 156 valence electrons. The zero-order chi connectivity index (χ0) is 19.6. The molecule has 0 saturated carbocycles. The molecule has 0 saturated heterocycles. The lowest BCUT2D eigenvalue weighted by molar-refractivity contribution is 0.295. The molecule has 1 heterocycles. The van der Waals surface area contributed by atoms with Gasteiger partial charge in [-0.1, -0.05) is 18.2 Å². The van der Waals surface area contributed by atoms with Gasteiger partial charge in [0.05, 0.1) is 24.7 Å². The Hall–Kier alpha value is -1.39. The van der Waals surface area contributed by atoms with Gasteiger partial charge in [-0.2, -0.15) is 0 Å². The second-order valence-corrected chi connectivity index (χ2v) is 7.80. The number of thiazole rings is 1. The number of nitrogens with zero attached hydrogens (tertiary/aromatic N) is 3. The van der Waals surface area contributed by atoms with E-state index in [1.54, 1.807) is 18.4 Å². The smallest absolute Gasteiger partial charge is 0.191 e. The van der Waals surface area contributed by atoms with E-state index in [2.05, 4.69) is 54.5 Å². The maximum atomic E-state index is 5.53. The van der Waals surface area contributed by atoms with Gasteiger partial charge >= 0.3 is 0 Å². The molecule has 2 rings (SSSR count). The fraction of sp³-hybridized carbons (Fsp3) is 0.500. The first-order valence-electron chi connectivity index (χ1n) is 9.28. The van der Waals surface area contributed by atoms with Crippen LogP contribution in [0.25, 0.3) is 0 Å². The summed E-state index contributed by atoms with van der Waals surface area (Å²) in [6.45, 7) is 6.42. The first-order valence-corrected chi connectivity index (χ1v) is 10.1.